The van der Waals surface area contributed by atoms with Crippen LogP contribution >= 0.6 is 11.3 Å². The molecule has 84 valence electrons. The van der Waals surface area contributed by atoms with Gasteiger partial charge in [-0.15, -0.1) is 10.2 Å². The summed E-state index contributed by atoms with van der Waals surface area (Å²) in [5.74, 6) is 0.256. The fraction of sp³-hybridized carbons (Fsp3) is 0.333. The van der Waals surface area contributed by atoms with Crippen LogP contribution in [-0.2, 0) is 6.42 Å². The van der Waals surface area contributed by atoms with Crippen LogP contribution < -0.4 is 5.32 Å². The van der Waals surface area contributed by atoms with Crippen LogP contribution in [0.1, 0.15) is 28.7 Å². The molecule has 1 N–H and O–H groups in total. The molecule has 0 aromatic carbocycles. The predicted molar refractivity (Wildman–Crippen MR) is 58.5 cm³/mol. The van der Waals surface area contributed by atoms with Gasteiger partial charge in [-0.05, 0) is 13.3 Å². The largest absolute Gasteiger partial charge is 0.361 e. The normalized spacial score (nSPS) is 10.4. The molecule has 0 fully saturated rings. The Morgan fingerprint density at radius 3 is 3.06 bits per heavy atom. The van der Waals surface area contributed by atoms with Crippen LogP contribution in [0.2, 0.25) is 0 Å². The smallest absolute Gasteiger partial charge is 0.263 e. The van der Waals surface area contributed by atoms with Gasteiger partial charge in [-0.1, -0.05) is 23.4 Å². The number of hydrogen-bond donors (Lipinski definition) is 1. The third-order valence-corrected chi connectivity index (χ3v) is 2.68. The molecule has 0 aliphatic rings. The highest BCUT2D eigenvalue weighted by Crippen LogP contribution is 2.17. The summed E-state index contributed by atoms with van der Waals surface area (Å²) in [6.07, 6.45) is 0.649. The van der Waals surface area contributed by atoms with Crippen LogP contribution in [-0.4, -0.2) is 21.3 Å². The highest BCUT2D eigenvalue weighted by atomic mass is 32.1. The monoisotopic (exact) mass is 238 g/mol. The standard InChI is InChI=1S/C9H10N4O2S/c1-3-6-7(5(2)15-13-6)8(14)11-9-12-10-4-16-9/h4H,3H2,1-2H3,(H,11,12,14). The zero-order valence-corrected chi connectivity index (χ0v) is 9.67. The summed E-state index contributed by atoms with van der Waals surface area (Å²) in [5.41, 5.74) is 2.69. The molecule has 2 rings (SSSR count). The number of hydrogen-bond acceptors (Lipinski definition) is 6. The lowest BCUT2D eigenvalue weighted by Gasteiger charge is -2.00. The molecule has 0 saturated carbocycles. The zero-order chi connectivity index (χ0) is 11.5. The van der Waals surface area contributed by atoms with E-state index in [2.05, 4.69) is 20.7 Å². The highest BCUT2D eigenvalue weighted by Gasteiger charge is 2.19. The average molecular weight is 238 g/mol. The van der Waals surface area contributed by atoms with Crippen molar-refractivity contribution in [1.82, 2.24) is 15.4 Å². The average Bonchev–Trinajstić information content (AvgIpc) is 2.87. The maximum absolute atomic E-state index is 11.9. The van der Waals surface area contributed by atoms with Crippen LogP contribution in [0.25, 0.3) is 0 Å². The van der Waals surface area contributed by atoms with Crippen molar-refractivity contribution in [2.45, 2.75) is 20.3 Å². The molecule has 0 bridgehead atoms. The molecular weight excluding hydrogens is 228 g/mol. The molecule has 7 heteroatoms. The van der Waals surface area contributed by atoms with Crippen LogP contribution in [0.4, 0.5) is 5.13 Å². The van der Waals surface area contributed by atoms with E-state index in [1.165, 1.54) is 11.3 Å². The lowest BCUT2D eigenvalue weighted by atomic mass is 10.1. The Kier molecular flexibility index (Phi) is 2.95. The van der Waals surface area contributed by atoms with Gasteiger partial charge in [-0.2, -0.15) is 0 Å². The minimum absolute atomic E-state index is 0.257. The summed E-state index contributed by atoms with van der Waals surface area (Å²) in [4.78, 5) is 11.9. The van der Waals surface area contributed by atoms with Gasteiger partial charge in [0.05, 0.1) is 5.69 Å². The maximum Gasteiger partial charge on any atom is 0.263 e. The van der Waals surface area contributed by atoms with Crippen LogP contribution in [0.15, 0.2) is 10.0 Å². The highest BCUT2D eigenvalue weighted by molar-refractivity contribution is 7.13. The minimum Gasteiger partial charge on any atom is -0.361 e. The van der Waals surface area contributed by atoms with E-state index in [4.69, 9.17) is 4.52 Å². The minimum atomic E-state index is -0.257. The number of rotatable bonds is 3. The van der Waals surface area contributed by atoms with Gasteiger partial charge < -0.3 is 4.52 Å². The Bertz CT molecular complexity index is 492. The maximum atomic E-state index is 11.9. The first-order valence-corrected chi connectivity index (χ1v) is 5.63. The van der Waals surface area contributed by atoms with E-state index in [1.807, 2.05) is 6.92 Å². The Morgan fingerprint density at radius 2 is 2.44 bits per heavy atom. The summed E-state index contributed by atoms with van der Waals surface area (Å²) >= 11 is 1.26. The van der Waals surface area contributed by atoms with E-state index < -0.39 is 0 Å². The van der Waals surface area contributed by atoms with Gasteiger partial charge in [-0.25, -0.2) is 0 Å². The quantitative estimate of drug-likeness (QED) is 0.879. The SMILES string of the molecule is CCc1noc(C)c1C(=O)Nc1nncs1. The van der Waals surface area contributed by atoms with Gasteiger partial charge in [-0.3, -0.25) is 10.1 Å². The second-order valence-electron chi connectivity index (χ2n) is 3.11. The van der Waals surface area contributed by atoms with Crippen molar-refractivity contribution in [1.29, 1.82) is 0 Å². The molecule has 2 aromatic rings. The summed E-state index contributed by atoms with van der Waals surface area (Å²) in [7, 11) is 0. The lowest BCUT2D eigenvalue weighted by Crippen LogP contribution is -2.14. The third kappa shape index (κ3) is 1.94. The fourth-order valence-electron chi connectivity index (χ4n) is 1.34. The van der Waals surface area contributed by atoms with Crippen LogP contribution in [0, 0.1) is 6.92 Å². The molecular formula is C9H10N4O2S. The van der Waals surface area contributed by atoms with Crippen molar-refractivity contribution in [3.05, 3.63) is 22.5 Å². The Balaban J connectivity index is 2.23. The van der Waals surface area contributed by atoms with Crippen molar-refractivity contribution < 1.29 is 9.32 Å². The molecule has 0 saturated heterocycles. The number of amides is 1. The van der Waals surface area contributed by atoms with Gasteiger partial charge in [0, 0.05) is 0 Å². The van der Waals surface area contributed by atoms with E-state index in [0.717, 1.165) is 0 Å². The molecule has 0 spiro atoms. The number of anilines is 1. The molecule has 2 heterocycles. The Labute approximate surface area is 95.7 Å². The molecule has 1 amide bonds. The van der Waals surface area contributed by atoms with Gasteiger partial charge in [0.2, 0.25) is 5.13 Å². The fourth-order valence-corrected chi connectivity index (χ4v) is 1.78. The van der Waals surface area contributed by atoms with Crippen LogP contribution in [0.3, 0.4) is 0 Å². The van der Waals surface area contributed by atoms with E-state index in [1.54, 1.807) is 12.4 Å². The van der Waals surface area contributed by atoms with Gasteiger partial charge in [0.15, 0.2) is 0 Å². The Hall–Kier alpha value is -1.76. The van der Waals surface area contributed by atoms with Crippen LogP contribution in [0.5, 0.6) is 0 Å². The Morgan fingerprint density at radius 1 is 1.62 bits per heavy atom. The van der Waals surface area contributed by atoms with Crippen molar-refractivity contribution in [2.75, 3.05) is 5.32 Å². The molecule has 0 radical (unpaired) electrons. The van der Waals surface area contributed by atoms with E-state index >= 15 is 0 Å². The number of aryl methyl sites for hydroxylation is 2. The summed E-state index contributed by atoms with van der Waals surface area (Å²) in [5, 5.41) is 14.3. The van der Waals surface area contributed by atoms with Crippen molar-refractivity contribution in [2.24, 2.45) is 0 Å². The summed E-state index contributed by atoms with van der Waals surface area (Å²) < 4.78 is 4.98. The summed E-state index contributed by atoms with van der Waals surface area (Å²) in [6, 6.07) is 0. The number of carbonyl (C=O) groups is 1. The first kappa shape index (κ1) is 10.7. The third-order valence-electron chi connectivity index (χ3n) is 2.08. The number of nitrogens with one attached hydrogen (secondary N) is 1. The van der Waals surface area contributed by atoms with Crippen molar-refractivity contribution in [3.63, 3.8) is 0 Å². The van der Waals surface area contributed by atoms with Gasteiger partial charge in [0.25, 0.3) is 5.91 Å². The first-order chi connectivity index (χ1) is 7.72. The van der Waals surface area contributed by atoms with E-state index in [0.29, 0.717) is 28.6 Å². The molecule has 2 aromatic heterocycles. The number of nitrogens with zero attached hydrogens (tertiary/aromatic N) is 3. The van der Waals surface area contributed by atoms with E-state index in [9.17, 15) is 4.79 Å². The molecule has 16 heavy (non-hydrogen) atoms. The van der Waals surface area contributed by atoms with E-state index in [-0.39, 0.29) is 5.91 Å². The summed E-state index contributed by atoms with van der Waals surface area (Å²) in [6.45, 7) is 3.63. The molecule has 0 unspecified atom stereocenters. The van der Waals surface area contributed by atoms with Crippen molar-refractivity contribution >= 4 is 22.4 Å². The van der Waals surface area contributed by atoms with Gasteiger partial charge >= 0.3 is 0 Å². The molecule has 0 atom stereocenters. The van der Waals surface area contributed by atoms with Gasteiger partial charge in [0.1, 0.15) is 16.8 Å². The predicted octanol–water partition coefficient (Wildman–Crippen LogP) is 1.65. The molecule has 0 aliphatic carbocycles. The van der Waals surface area contributed by atoms with Crippen molar-refractivity contribution in [3.8, 4) is 0 Å². The second kappa shape index (κ2) is 4.40. The zero-order valence-electron chi connectivity index (χ0n) is 8.85. The number of aromatic nitrogens is 3. The number of carbonyl (C=O) groups excluding carboxylic acids is 1. The first-order valence-electron chi connectivity index (χ1n) is 4.75. The topological polar surface area (TPSA) is 80.9 Å². The lowest BCUT2D eigenvalue weighted by molar-refractivity contribution is 0.102. The molecule has 6 nitrogen and oxygen atoms in total. The second-order valence-corrected chi connectivity index (χ2v) is 3.95. The molecule has 0 aliphatic heterocycles.